The van der Waals surface area contributed by atoms with Crippen LogP contribution in [0.1, 0.15) is 5.56 Å². The number of thioether (sulfide) groups is 1. The fraction of sp³-hybridized carbons (Fsp3) is 0.0500. The number of aliphatic imine (C=N–C) groups is 1. The standard InChI is InChI=1S/C20H17NOS/c1-23-18-12-13-20(22-17-10-6-3-7-11-17)19(14-18)21-15-16-8-4-2-5-9-16/h2-15H,1H3. The van der Waals surface area contributed by atoms with Gasteiger partial charge in [0.2, 0.25) is 0 Å². The molecular formula is C20H17NOS. The van der Waals surface area contributed by atoms with Crippen LogP contribution in [0.3, 0.4) is 0 Å². The predicted octanol–water partition coefficient (Wildman–Crippen LogP) is 5.95. The number of ether oxygens (including phenoxy) is 1. The molecular weight excluding hydrogens is 302 g/mol. The Morgan fingerprint density at radius 1 is 0.870 bits per heavy atom. The van der Waals surface area contributed by atoms with Gasteiger partial charge >= 0.3 is 0 Å². The summed E-state index contributed by atoms with van der Waals surface area (Å²) in [6.07, 6.45) is 3.91. The molecule has 0 saturated heterocycles. The summed E-state index contributed by atoms with van der Waals surface area (Å²) in [5, 5.41) is 0. The van der Waals surface area contributed by atoms with Gasteiger partial charge in [-0.3, -0.25) is 4.99 Å². The average Bonchev–Trinajstić information content (AvgIpc) is 2.62. The van der Waals surface area contributed by atoms with Crippen LogP contribution >= 0.6 is 11.8 Å². The molecule has 114 valence electrons. The normalized spacial score (nSPS) is 10.8. The van der Waals surface area contributed by atoms with E-state index in [1.54, 1.807) is 11.8 Å². The van der Waals surface area contributed by atoms with Crippen molar-refractivity contribution in [1.29, 1.82) is 0 Å². The molecule has 0 atom stereocenters. The third-order valence-corrected chi connectivity index (χ3v) is 4.01. The highest BCUT2D eigenvalue weighted by Gasteiger charge is 2.05. The topological polar surface area (TPSA) is 21.6 Å². The van der Waals surface area contributed by atoms with Crippen LogP contribution in [0.2, 0.25) is 0 Å². The van der Waals surface area contributed by atoms with Gasteiger partial charge in [0, 0.05) is 11.1 Å². The Bertz CT molecular complexity index is 785. The molecule has 0 aliphatic heterocycles. The molecule has 3 rings (SSSR count). The zero-order valence-corrected chi connectivity index (χ0v) is 13.7. The number of hydrogen-bond donors (Lipinski definition) is 0. The van der Waals surface area contributed by atoms with Crippen molar-refractivity contribution in [3.05, 3.63) is 84.4 Å². The first-order valence-electron chi connectivity index (χ1n) is 7.35. The highest BCUT2D eigenvalue weighted by atomic mass is 32.2. The number of rotatable bonds is 5. The number of benzene rings is 3. The van der Waals surface area contributed by atoms with Crippen molar-refractivity contribution in [3.63, 3.8) is 0 Å². The van der Waals surface area contributed by atoms with E-state index in [9.17, 15) is 0 Å². The van der Waals surface area contributed by atoms with Gasteiger partial charge in [-0.15, -0.1) is 11.8 Å². The number of nitrogens with zero attached hydrogens (tertiary/aromatic N) is 1. The van der Waals surface area contributed by atoms with Gasteiger partial charge in [0.1, 0.15) is 11.4 Å². The molecule has 0 radical (unpaired) electrons. The summed E-state index contributed by atoms with van der Waals surface area (Å²) in [5.41, 5.74) is 1.89. The highest BCUT2D eigenvalue weighted by molar-refractivity contribution is 7.98. The van der Waals surface area contributed by atoms with Crippen LogP contribution in [0.5, 0.6) is 11.5 Å². The Kier molecular flexibility index (Phi) is 5.12. The number of hydrogen-bond acceptors (Lipinski definition) is 3. The van der Waals surface area contributed by atoms with Crippen LogP contribution in [0.25, 0.3) is 0 Å². The quantitative estimate of drug-likeness (QED) is 0.428. The minimum atomic E-state index is 0.751. The molecule has 0 bridgehead atoms. The monoisotopic (exact) mass is 319 g/mol. The third kappa shape index (κ3) is 4.24. The summed E-state index contributed by atoms with van der Waals surface area (Å²) in [6.45, 7) is 0. The Labute approximate surface area is 140 Å². The molecule has 23 heavy (non-hydrogen) atoms. The van der Waals surface area contributed by atoms with E-state index < -0.39 is 0 Å². The van der Waals surface area contributed by atoms with Crippen molar-refractivity contribution in [3.8, 4) is 11.5 Å². The average molecular weight is 319 g/mol. The zero-order chi connectivity index (χ0) is 15.9. The maximum absolute atomic E-state index is 5.97. The molecule has 0 aliphatic carbocycles. The van der Waals surface area contributed by atoms with E-state index in [1.165, 1.54) is 0 Å². The van der Waals surface area contributed by atoms with Crippen molar-refractivity contribution >= 4 is 23.7 Å². The van der Waals surface area contributed by atoms with Crippen molar-refractivity contribution in [2.75, 3.05) is 6.26 Å². The molecule has 0 N–H and O–H groups in total. The van der Waals surface area contributed by atoms with Crippen LogP contribution in [-0.2, 0) is 0 Å². The lowest BCUT2D eigenvalue weighted by molar-refractivity contribution is 0.484. The number of para-hydroxylation sites is 1. The zero-order valence-electron chi connectivity index (χ0n) is 12.8. The Morgan fingerprint density at radius 3 is 2.26 bits per heavy atom. The molecule has 0 spiro atoms. The largest absolute Gasteiger partial charge is 0.455 e. The molecule has 2 nitrogen and oxygen atoms in total. The smallest absolute Gasteiger partial charge is 0.153 e. The summed E-state index contributed by atoms with van der Waals surface area (Å²) in [6, 6.07) is 25.9. The summed E-state index contributed by atoms with van der Waals surface area (Å²) in [4.78, 5) is 5.78. The second-order valence-electron chi connectivity index (χ2n) is 4.92. The molecule has 3 aromatic rings. The van der Waals surface area contributed by atoms with E-state index in [0.717, 1.165) is 27.6 Å². The van der Waals surface area contributed by atoms with Gasteiger partial charge in [0.05, 0.1) is 0 Å². The minimum Gasteiger partial charge on any atom is -0.455 e. The van der Waals surface area contributed by atoms with E-state index in [1.807, 2.05) is 85.1 Å². The summed E-state index contributed by atoms with van der Waals surface area (Å²) < 4.78 is 5.97. The van der Waals surface area contributed by atoms with E-state index >= 15 is 0 Å². The van der Waals surface area contributed by atoms with Gasteiger partial charge < -0.3 is 4.74 Å². The SMILES string of the molecule is CSc1ccc(Oc2ccccc2)c(N=Cc2ccccc2)c1. The summed E-state index contributed by atoms with van der Waals surface area (Å²) >= 11 is 1.69. The van der Waals surface area contributed by atoms with Crippen LogP contribution in [0.4, 0.5) is 5.69 Å². The fourth-order valence-electron chi connectivity index (χ4n) is 2.11. The molecule has 0 unspecified atom stereocenters. The molecule has 0 amide bonds. The summed E-state index contributed by atoms with van der Waals surface area (Å²) in [7, 11) is 0. The molecule has 0 fully saturated rings. The Morgan fingerprint density at radius 2 is 1.57 bits per heavy atom. The first-order valence-corrected chi connectivity index (χ1v) is 8.58. The van der Waals surface area contributed by atoms with Gasteiger partial charge in [-0.2, -0.15) is 0 Å². The van der Waals surface area contributed by atoms with E-state index in [0.29, 0.717) is 0 Å². The Balaban J connectivity index is 1.91. The van der Waals surface area contributed by atoms with Gasteiger partial charge in [-0.25, -0.2) is 0 Å². The maximum Gasteiger partial charge on any atom is 0.153 e. The lowest BCUT2D eigenvalue weighted by Gasteiger charge is -2.09. The van der Waals surface area contributed by atoms with Crippen LogP contribution in [0, 0.1) is 0 Å². The van der Waals surface area contributed by atoms with E-state index in [2.05, 4.69) is 11.2 Å². The van der Waals surface area contributed by atoms with Crippen molar-refractivity contribution in [1.82, 2.24) is 0 Å². The van der Waals surface area contributed by atoms with Gasteiger partial charge in [-0.05, 0) is 42.2 Å². The first-order chi connectivity index (χ1) is 11.3. The maximum atomic E-state index is 5.97. The van der Waals surface area contributed by atoms with Crippen LogP contribution in [0.15, 0.2) is 88.8 Å². The second kappa shape index (κ2) is 7.65. The molecule has 0 heterocycles. The second-order valence-corrected chi connectivity index (χ2v) is 5.80. The van der Waals surface area contributed by atoms with Gasteiger partial charge in [0.15, 0.2) is 5.75 Å². The predicted molar refractivity (Wildman–Crippen MR) is 98.4 cm³/mol. The van der Waals surface area contributed by atoms with Crippen LogP contribution < -0.4 is 4.74 Å². The molecule has 3 aromatic carbocycles. The van der Waals surface area contributed by atoms with Crippen molar-refractivity contribution in [2.45, 2.75) is 4.90 Å². The molecule has 3 heteroatoms. The van der Waals surface area contributed by atoms with Gasteiger partial charge in [0.25, 0.3) is 0 Å². The lowest BCUT2D eigenvalue weighted by atomic mass is 10.2. The van der Waals surface area contributed by atoms with Crippen molar-refractivity contribution in [2.24, 2.45) is 4.99 Å². The van der Waals surface area contributed by atoms with Crippen molar-refractivity contribution < 1.29 is 4.74 Å². The highest BCUT2D eigenvalue weighted by Crippen LogP contribution is 2.34. The molecule has 0 aromatic heterocycles. The molecule has 0 aliphatic rings. The first kappa shape index (κ1) is 15.4. The third-order valence-electron chi connectivity index (χ3n) is 3.29. The molecule has 0 saturated carbocycles. The summed E-state index contributed by atoms with van der Waals surface area (Å²) in [5.74, 6) is 1.56. The van der Waals surface area contributed by atoms with E-state index in [4.69, 9.17) is 4.74 Å². The minimum absolute atomic E-state index is 0.751. The lowest BCUT2D eigenvalue weighted by Crippen LogP contribution is -1.86. The Hall–Kier alpha value is -2.52. The van der Waals surface area contributed by atoms with Crippen LogP contribution in [-0.4, -0.2) is 12.5 Å². The van der Waals surface area contributed by atoms with E-state index in [-0.39, 0.29) is 0 Å². The van der Waals surface area contributed by atoms with Gasteiger partial charge in [-0.1, -0.05) is 48.5 Å². The fourth-order valence-corrected chi connectivity index (χ4v) is 2.54.